The Kier molecular flexibility index (Phi) is 5.09. The van der Waals surface area contributed by atoms with Gasteiger partial charge in [0.1, 0.15) is 6.10 Å². The Bertz CT molecular complexity index is 200. The Balaban J connectivity index is 2.09. The normalized spacial score (nSPS) is 20.5. The van der Waals surface area contributed by atoms with E-state index in [9.17, 15) is 4.79 Å². The average Bonchev–Trinajstić information content (AvgIpc) is 2.10. The van der Waals surface area contributed by atoms with Crippen molar-refractivity contribution in [1.82, 2.24) is 0 Å². The standard InChI is InChI=1S/C12H23NO2/c1-9(5-3-6-10(2)13)12(14)15-11-7-4-8-11/h9-11H,3-8,13H2,1-2H3. The Morgan fingerprint density at radius 1 is 1.40 bits per heavy atom. The molecule has 1 rings (SSSR count). The lowest BCUT2D eigenvalue weighted by molar-refractivity contribution is -0.157. The number of rotatable bonds is 6. The topological polar surface area (TPSA) is 52.3 Å². The molecule has 3 nitrogen and oxygen atoms in total. The fourth-order valence-corrected chi connectivity index (χ4v) is 1.63. The van der Waals surface area contributed by atoms with Crippen LogP contribution in [0.15, 0.2) is 0 Å². The first-order valence-corrected chi connectivity index (χ1v) is 6.05. The second kappa shape index (κ2) is 6.11. The molecule has 0 bridgehead atoms. The van der Waals surface area contributed by atoms with E-state index in [4.69, 9.17) is 10.5 Å². The number of carbonyl (C=O) groups is 1. The van der Waals surface area contributed by atoms with Gasteiger partial charge in [0.05, 0.1) is 5.92 Å². The Labute approximate surface area is 92.4 Å². The van der Waals surface area contributed by atoms with E-state index in [1.54, 1.807) is 0 Å². The molecule has 2 atom stereocenters. The van der Waals surface area contributed by atoms with Crippen LogP contribution in [0.1, 0.15) is 52.4 Å². The summed E-state index contributed by atoms with van der Waals surface area (Å²) >= 11 is 0. The number of carbonyl (C=O) groups excluding carboxylic acids is 1. The zero-order valence-electron chi connectivity index (χ0n) is 9.87. The smallest absolute Gasteiger partial charge is 0.308 e. The molecule has 0 aromatic heterocycles. The van der Waals surface area contributed by atoms with Gasteiger partial charge >= 0.3 is 5.97 Å². The van der Waals surface area contributed by atoms with Crippen molar-refractivity contribution in [3.8, 4) is 0 Å². The molecule has 0 radical (unpaired) electrons. The second-order valence-corrected chi connectivity index (χ2v) is 4.80. The van der Waals surface area contributed by atoms with Crippen LogP contribution in [0, 0.1) is 5.92 Å². The lowest BCUT2D eigenvalue weighted by atomic mass is 9.95. The maximum atomic E-state index is 11.6. The average molecular weight is 213 g/mol. The van der Waals surface area contributed by atoms with Crippen molar-refractivity contribution in [2.75, 3.05) is 0 Å². The maximum Gasteiger partial charge on any atom is 0.308 e. The molecule has 0 amide bonds. The van der Waals surface area contributed by atoms with Gasteiger partial charge in [-0.2, -0.15) is 0 Å². The van der Waals surface area contributed by atoms with E-state index in [0.29, 0.717) is 0 Å². The van der Waals surface area contributed by atoms with Crippen LogP contribution in [0.2, 0.25) is 0 Å². The third-order valence-corrected chi connectivity index (χ3v) is 3.03. The highest BCUT2D eigenvalue weighted by Crippen LogP contribution is 2.23. The highest BCUT2D eigenvalue weighted by molar-refractivity contribution is 5.72. The Hall–Kier alpha value is -0.570. The molecule has 0 saturated heterocycles. The predicted octanol–water partition coefficient (Wildman–Crippen LogP) is 2.24. The summed E-state index contributed by atoms with van der Waals surface area (Å²) in [6.07, 6.45) is 6.42. The molecule has 0 aliphatic heterocycles. The van der Waals surface area contributed by atoms with Gasteiger partial charge in [-0.3, -0.25) is 4.79 Å². The van der Waals surface area contributed by atoms with Crippen LogP contribution >= 0.6 is 0 Å². The summed E-state index contributed by atoms with van der Waals surface area (Å²) in [5.41, 5.74) is 5.65. The van der Waals surface area contributed by atoms with Crippen LogP contribution in [-0.4, -0.2) is 18.1 Å². The van der Waals surface area contributed by atoms with Gasteiger partial charge in [-0.15, -0.1) is 0 Å². The van der Waals surface area contributed by atoms with Gasteiger partial charge < -0.3 is 10.5 Å². The van der Waals surface area contributed by atoms with E-state index in [1.807, 2.05) is 13.8 Å². The minimum atomic E-state index is -0.0237. The van der Waals surface area contributed by atoms with Gasteiger partial charge in [0.15, 0.2) is 0 Å². The van der Waals surface area contributed by atoms with E-state index in [2.05, 4.69) is 0 Å². The molecule has 2 unspecified atom stereocenters. The molecule has 0 aromatic rings. The van der Waals surface area contributed by atoms with Crippen LogP contribution in [0.5, 0.6) is 0 Å². The first kappa shape index (κ1) is 12.5. The zero-order chi connectivity index (χ0) is 11.3. The van der Waals surface area contributed by atoms with E-state index >= 15 is 0 Å². The van der Waals surface area contributed by atoms with Crippen molar-refractivity contribution < 1.29 is 9.53 Å². The van der Waals surface area contributed by atoms with Crippen LogP contribution < -0.4 is 5.73 Å². The van der Waals surface area contributed by atoms with Crippen molar-refractivity contribution in [2.45, 2.75) is 64.5 Å². The lowest BCUT2D eigenvalue weighted by Gasteiger charge is -2.26. The Morgan fingerprint density at radius 3 is 2.53 bits per heavy atom. The zero-order valence-corrected chi connectivity index (χ0v) is 9.87. The van der Waals surface area contributed by atoms with Gasteiger partial charge in [-0.25, -0.2) is 0 Å². The highest BCUT2D eigenvalue weighted by atomic mass is 16.5. The van der Waals surface area contributed by atoms with E-state index < -0.39 is 0 Å². The van der Waals surface area contributed by atoms with Crippen LogP contribution in [0.25, 0.3) is 0 Å². The molecular formula is C12H23NO2. The highest BCUT2D eigenvalue weighted by Gasteiger charge is 2.24. The van der Waals surface area contributed by atoms with Crippen molar-refractivity contribution in [3.63, 3.8) is 0 Å². The van der Waals surface area contributed by atoms with E-state index in [-0.39, 0.29) is 24.0 Å². The molecule has 2 N–H and O–H groups in total. The molecule has 1 aliphatic rings. The first-order chi connectivity index (χ1) is 7.09. The molecule has 0 spiro atoms. The molecule has 1 saturated carbocycles. The summed E-state index contributed by atoms with van der Waals surface area (Å²) < 4.78 is 5.34. The lowest BCUT2D eigenvalue weighted by Crippen LogP contribution is -2.28. The van der Waals surface area contributed by atoms with E-state index in [0.717, 1.165) is 32.1 Å². The summed E-state index contributed by atoms with van der Waals surface area (Å²) in [6.45, 7) is 3.94. The van der Waals surface area contributed by atoms with Crippen molar-refractivity contribution in [2.24, 2.45) is 11.7 Å². The number of nitrogens with two attached hydrogens (primary N) is 1. The quantitative estimate of drug-likeness (QED) is 0.688. The first-order valence-electron chi connectivity index (χ1n) is 6.05. The van der Waals surface area contributed by atoms with Gasteiger partial charge in [-0.05, 0) is 39.0 Å². The maximum absolute atomic E-state index is 11.6. The third kappa shape index (κ3) is 4.65. The number of hydrogen-bond acceptors (Lipinski definition) is 3. The molecule has 1 aliphatic carbocycles. The van der Waals surface area contributed by atoms with Crippen LogP contribution in [0.3, 0.4) is 0 Å². The molecular weight excluding hydrogens is 190 g/mol. The van der Waals surface area contributed by atoms with E-state index in [1.165, 1.54) is 6.42 Å². The molecule has 88 valence electrons. The van der Waals surface area contributed by atoms with Crippen molar-refractivity contribution in [1.29, 1.82) is 0 Å². The number of hydrogen-bond donors (Lipinski definition) is 1. The summed E-state index contributed by atoms with van der Waals surface area (Å²) in [4.78, 5) is 11.6. The molecule has 3 heteroatoms. The van der Waals surface area contributed by atoms with Gasteiger partial charge in [-0.1, -0.05) is 13.3 Å². The summed E-state index contributed by atoms with van der Waals surface area (Å²) in [6, 6.07) is 0.236. The predicted molar refractivity (Wildman–Crippen MR) is 60.4 cm³/mol. The monoisotopic (exact) mass is 213 g/mol. The largest absolute Gasteiger partial charge is 0.462 e. The van der Waals surface area contributed by atoms with Crippen LogP contribution in [-0.2, 0) is 9.53 Å². The summed E-state index contributed by atoms with van der Waals surface area (Å²) in [5, 5.41) is 0. The van der Waals surface area contributed by atoms with Crippen molar-refractivity contribution >= 4 is 5.97 Å². The second-order valence-electron chi connectivity index (χ2n) is 4.80. The summed E-state index contributed by atoms with van der Waals surface area (Å²) in [7, 11) is 0. The molecule has 15 heavy (non-hydrogen) atoms. The van der Waals surface area contributed by atoms with Crippen LogP contribution in [0.4, 0.5) is 0 Å². The van der Waals surface area contributed by atoms with Crippen molar-refractivity contribution in [3.05, 3.63) is 0 Å². The number of ether oxygens (including phenoxy) is 1. The number of esters is 1. The molecule has 0 aromatic carbocycles. The Morgan fingerprint density at radius 2 is 2.07 bits per heavy atom. The molecule has 0 heterocycles. The molecule has 1 fully saturated rings. The third-order valence-electron chi connectivity index (χ3n) is 3.03. The van der Waals surface area contributed by atoms with Gasteiger partial charge in [0.2, 0.25) is 0 Å². The van der Waals surface area contributed by atoms with Gasteiger partial charge in [0.25, 0.3) is 0 Å². The fraction of sp³-hybridized carbons (Fsp3) is 0.917. The minimum Gasteiger partial charge on any atom is -0.462 e. The summed E-state index contributed by atoms with van der Waals surface area (Å²) in [5.74, 6) is 0.00808. The SMILES string of the molecule is CC(N)CCCC(C)C(=O)OC1CCC1. The minimum absolute atomic E-state index is 0.0237. The van der Waals surface area contributed by atoms with Gasteiger partial charge in [0, 0.05) is 6.04 Å². The fourth-order valence-electron chi connectivity index (χ4n) is 1.63.